The molecule has 1 saturated carbocycles. The monoisotopic (exact) mass is 208 g/mol. The molecular formula is C13H24N2. The van der Waals surface area contributed by atoms with Crippen molar-refractivity contribution in [1.29, 1.82) is 0 Å². The molecule has 1 unspecified atom stereocenters. The highest BCUT2D eigenvalue weighted by Crippen LogP contribution is 2.48. The first-order chi connectivity index (χ1) is 7.06. The Kier molecular flexibility index (Phi) is 2.91. The molecule has 2 aliphatic rings. The van der Waals surface area contributed by atoms with Gasteiger partial charge in [-0.1, -0.05) is 12.2 Å². The average molecular weight is 208 g/mol. The molecule has 1 aliphatic carbocycles. The van der Waals surface area contributed by atoms with E-state index in [0.717, 1.165) is 12.8 Å². The van der Waals surface area contributed by atoms with Gasteiger partial charge in [-0.15, -0.1) is 0 Å². The fourth-order valence-corrected chi connectivity index (χ4v) is 3.28. The van der Waals surface area contributed by atoms with E-state index in [2.05, 4.69) is 25.3 Å². The van der Waals surface area contributed by atoms with E-state index in [1.165, 1.54) is 31.5 Å². The van der Waals surface area contributed by atoms with E-state index in [4.69, 9.17) is 5.73 Å². The minimum absolute atomic E-state index is 0.297. The van der Waals surface area contributed by atoms with Gasteiger partial charge < -0.3 is 10.6 Å². The zero-order chi connectivity index (χ0) is 11.1. The van der Waals surface area contributed by atoms with Gasteiger partial charge in [-0.3, -0.25) is 0 Å². The molecular weight excluding hydrogens is 184 g/mol. The Hall–Kier alpha value is -0.340. The maximum absolute atomic E-state index is 6.28. The summed E-state index contributed by atoms with van der Waals surface area (Å²) in [5.74, 6) is 0. The first-order valence-corrected chi connectivity index (χ1v) is 6.24. The van der Waals surface area contributed by atoms with Gasteiger partial charge >= 0.3 is 0 Å². The number of hydrogen-bond donors (Lipinski definition) is 1. The molecule has 1 saturated heterocycles. The van der Waals surface area contributed by atoms with Crippen molar-refractivity contribution in [2.75, 3.05) is 13.1 Å². The Balaban J connectivity index is 2.05. The van der Waals surface area contributed by atoms with Gasteiger partial charge in [0.15, 0.2) is 0 Å². The van der Waals surface area contributed by atoms with Crippen LogP contribution in [-0.4, -0.2) is 30.1 Å². The summed E-state index contributed by atoms with van der Waals surface area (Å²) in [6.45, 7) is 11.2. The lowest BCUT2D eigenvalue weighted by Gasteiger charge is -2.44. The van der Waals surface area contributed by atoms with Crippen LogP contribution in [0.4, 0.5) is 0 Å². The van der Waals surface area contributed by atoms with Crippen LogP contribution in [0.5, 0.6) is 0 Å². The molecule has 2 fully saturated rings. The van der Waals surface area contributed by atoms with Gasteiger partial charge in [0.25, 0.3) is 0 Å². The van der Waals surface area contributed by atoms with Crippen molar-refractivity contribution in [1.82, 2.24) is 4.90 Å². The largest absolute Gasteiger partial charge is 0.327 e. The fourth-order valence-electron chi connectivity index (χ4n) is 3.28. The summed E-state index contributed by atoms with van der Waals surface area (Å²) in [6, 6.07) is 1.05. The first-order valence-electron chi connectivity index (χ1n) is 6.24. The number of likely N-dealkylation sites (tertiary alicyclic amines) is 1. The second kappa shape index (κ2) is 3.91. The standard InChI is InChI=1S/C13H24N2/c1-10(2)15-8-6-13(7-9-15)11(3)4-5-12(13)14/h10,12H,3-9,14H2,1-2H3. The molecule has 2 rings (SSSR count). The molecule has 0 aromatic rings. The number of piperidine rings is 1. The topological polar surface area (TPSA) is 29.3 Å². The minimum Gasteiger partial charge on any atom is -0.327 e. The molecule has 1 atom stereocenters. The molecule has 15 heavy (non-hydrogen) atoms. The van der Waals surface area contributed by atoms with Crippen molar-refractivity contribution in [2.24, 2.45) is 11.1 Å². The quantitative estimate of drug-likeness (QED) is 0.669. The number of nitrogens with two attached hydrogens (primary N) is 1. The highest BCUT2D eigenvalue weighted by atomic mass is 15.2. The Bertz CT molecular complexity index is 249. The normalized spacial score (nSPS) is 31.7. The van der Waals surface area contributed by atoms with Crippen molar-refractivity contribution in [3.63, 3.8) is 0 Å². The molecule has 86 valence electrons. The van der Waals surface area contributed by atoms with E-state index in [0.29, 0.717) is 17.5 Å². The van der Waals surface area contributed by atoms with Gasteiger partial charge in [-0.2, -0.15) is 0 Å². The van der Waals surface area contributed by atoms with Crippen LogP contribution in [0.2, 0.25) is 0 Å². The van der Waals surface area contributed by atoms with E-state index in [1.807, 2.05) is 0 Å². The molecule has 2 nitrogen and oxygen atoms in total. The summed E-state index contributed by atoms with van der Waals surface area (Å²) in [7, 11) is 0. The van der Waals surface area contributed by atoms with E-state index >= 15 is 0 Å². The number of nitrogens with zero attached hydrogens (tertiary/aromatic N) is 1. The van der Waals surface area contributed by atoms with Crippen LogP contribution in [0.25, 0.3) is 0 Å². The van der Waals surface area contributed by atoms with Crippen molar-refractivity contribution in [3.05, 3.63) is 12.2 Å². The second-order valence-corrected chi connectivity index (χ2v) is 5.53. The Morgan fingerprint density at radius 2 is 2.00 bits per heavy atom. The lowest BCUT2D eigenvalue weighted by Crippen LogP contribution is -2.49. The van der Waals surface area contributed by atoms with E-state index in [-0.39, 0.29) is 0 Å². The summed E-state index contributed by atoms with van der Waals surface area (Å²) in [4.78, 5) is 2.56. The summed E-state index contributed by atoms with van der Waals surface area (Å²) < 4.78 is 0. The fraction of sp³-hybridized carbons (Fsp3) is 0.846. The lowest BCUT2D eigenvalue weighted by atomic mass is 9.72. The Morgan fingerprint density at radius 1 is 1.40 bits per heavy atom. The zero-order valence-corrected chi connectivity index (χ0v) is 10.1. The first kappa shape index (κ1) is 11.2. The van der Waals surface area contributed by atoms with Gasteiger partial charge in [0.05, 0.1) is 0 Å². The Morgan fingerprint density at radius 3 is 2.40 bits per heavy atom. The van der Waals surface area contributed by atoms with Crippen molar-refractivity contribution >= 4 is 0 Å². The molecule has 0 aromatic carbocycles. The smallest absolute Gasteiger partial charge is 0.0137 e. The van der Waals surface area contributed by atoms with E-state index in [9.17, 15) is 0 Å². The SMILES string of the molecule is C=C1CCC(N)C12CCN(C(C)C)CC2. The molecule has 2 heteroatoms. The van der Waals surface area contributed by atoms with E-state index in [1.54, 1.807) is 0 Å². The molecule has 0 aromatic heterocycles. The number of hydrogen-bond acceptors (Lipinski definition) is 2. The van der Waals surface area contributed by atoms with Gasteiger partial charge in [0.2, 0.25) is 0 Å². The van der Waals surface area contributed by atoms with Crippen LogP contribution in [0.1, 0.15) is 39.5 Å². The predicted octanol–water partition coefficient (Wildman–Crippen LogP) is 2.15. The maximum Gasteiger partial charge on any atom is 0.0137 e. The third-order valence-electron chi connectivity index (χ3n) is 4.59. The van der Waals surface area contributed by atoms with Crippen LogP contribution in [0.15, 0.2) is 12.2 Å². The molecule has 1 spiro atoms. The summed E-state index contributed by atoms with van der Waals surface area (Å²) in [5, 5.41) is 0. The average Bonchev–Trinajstić information content (AvgIpc) is 2.48. The third-order valence-corrected chi connectivity index (χ3v) is 4.59. The van der Waals surface area contributed by atoms with Crippen LogP contribution in [0.3, 0.4) is 0 Å². The van der Waals surface area contributed by atoms with E-state index < -0.39 is 0 Å². The molecule has 2 N–H and O–H groups in total. The number of rotatable bonds is 1. The Labute approximate surface area is 93.5 Å². The minimum atomic E-state index is 0.297. The van der Waals surface area contributed by atoms with Gasteiger partial charge in [0.1, 0.15) is 0 Å². The third kappa shape index (κ3) is 1.74. The van der Waals surface area contributed by atoms with Crippen LogP contribution < -0.4 is 5.73 Å². The maximum atomic E-state index is 6.28. The van der Waals surface area contributed by atoms with Gasteiger partial charge in [0, 0.05) is 17.5 Å². The summed E-state index contributed by atoms with van der Waals surface area (Å²) in [5.41, 5.74) is 8.00. The summed E-state index contributed by atoms with van der Waals surface area (Å²) >= 11 is 0. The summed E-state index contributed by atoms with van der Waals surface area (Å²) in [6.07, 6.45) is 4.76. The van der Waals surface area contributed by atoms with Crippen molar-refractivity contribution in [2.45, 2.75) is 51.6 Å². The molecule has 1 aliphatic heterocycles. The molecule has 0 amide bonds. The predicted molar refractivity (Wildman–Crippen MR) is 64.7 cm³/mol. The van der Waals surface area contributed by atoms with Crippen molar-refractivity contribution in [3.8, 4) is 0 Å². The zero-order valence-electron chi connectivity index (χ0n) is 10.1. The van der Waals surface area contributed by atoms with Crippen molar-refractivity contribution < 1.29 is 0 Å². The van der Waals surface area contributed by atoms with Crippen LogP contribution in [-0.2, 0) is 0 Å². The van der Waals surface area contributed by atoms with Gasteiger partial charge in [-0.05, 0) is 52.6 Å². The second-order valence-electron chi connectivity index (χ2n) is 5.53. The molecule has 0 bridgehead atoms. The van der Waals surface area contributed by atoms with Crippen LogP contribution >= 0.6 is 0 Å². The lowest BCUT2D eigenvalue weighted by molar-refractivity contribution is 0.0992. The molecule has 0 radical (unpaired) electrons. The molecule has 1 heterocycles. The van der Waals surface area contributed by atoms with Crippen LogP contribution in [0, 0.1) is 5.41 Å². The highest BCUT2D eigenvalue weighted by molar-refractivity contribution is 5.21. The van der Waals surface area contributed by atoms with Gasteiger partial charge in [-0.25, -0.2) is 0 Å². The highest BCUT2D eigenvalue weighted by Gasteiger charge is 2.45.